The fourth-order valence-corrected chi connectivity index (χ4v) is 2.24. The number of aromatic nitrogens is 3. The molecular weight excluding hydrogens is 230 g/mol. The molecule has 0 amide bonds. The largest absolute Gasteiger partial charge is 0.399 e. The van der Waals surface area contributed by atoms with Crippen molar-refractivity contribution in [3.8, 4) is 0 Å². The molecule has 0 aliphatic carbocycles. The van der Waals surface area contributed by atoms with Crippen LogP contribution < -0.4 is 11.1 Å². The molecule has 0 fully saturated rings. The highest BCUT2D eigenvalue weighted by Gasteiger charge is 2.23. The van der Waals surface area contributed by atoms with Gasteiger partial charge in [-0.25, -0.2) is 4.68 Å². The number of aliphatic hydroxyl groups is 1. The van der Waals surface area contributed by atoms with Crippen LogP contribution in [0.3, 0.4) is 0 Å². The van der Waals surface area contributed by atoms with E-state index >= 15 is 0 Å². The summed E-state index contributed by atoms with van der Waals surface area (Å²) < 4.78 is 1.83. The molecule has 1 atom stereocenters. The lowest BCUT2D eigenvalue weighted by Gasteiger charge is -2.24. The van der Waals surface area contributed by atoms with Crippen LogP contribution in [0, 0.1) is 0 Å². The fraction of sp³-hybridized carbons (Fsp3) is 0.333. The molecule has 6 heteroatoms. The molecule has 2 aromatic rings. The molecule has 3 rings (SSSR count). The van der Waals surface area contributed by atoms with Gasteiger partial charge in [-0.1, -0.05) is 12.1 Å². The van der Waals surface area contributed by atoms with Crippen LogP contribution in [0.25, 0.3) is 0 Å². The van der Waals surface area contributed by atoms with Crippen molar-refractivity contribution in [1.29, 1.82) is 0 Å². The predicted octanol–water partition coefficient (Wildman–Crippen LogP) is 0.758. The number of nitrogen functional groups attached to an aromatic ring is 1. The molecular formula is C12H15N5O. The monoisotopic (exact) mass is 245 g/mol. The maximum atomic E-state index is 9.10. The number of anilines is 2. The van der Waals surface area contributed by atoms with Gasteiger partial charge < -0.3 is 16.2 Å². The molecule has 0 saturated heterocycles. The molecule has 94 valence electrons. The van der Waals surface area contributed by atoms with E-state index in [2.05, 4.69) is 15.4 Å². The zero-order chi connectivity index (χ0) is 12.5. The van der Waals surface area contributed by atoms with E-state index in [4.69, 9.17) is 10.8 Å². The highest BCUT2D eigenvalue weighted by Crippen LogP contribution is 2.28. The van der Waals surface area contributed by atoms with Gasteiger partial charge in [-0.2, -0.15) is 10.1 Å². The van der Waals surface area contributed by atoms with E-state index in [0.717, 1.165) is 24.2 Å². The van der Waals surface area contributed by atoms with Crippen molar-refractivity contribution in [3.05, 3.63) is 35.7 Å². The number of hydrogen-bond donors (Lipinski definition) is 3. The van der Waals surface area contributed by atoms with Crippen molar-refractivity contribution < 1.29 is 5.11 Å². The van der Waals surface area contributed by atoms with E-state index < -0.39 is 0 Å². The average molecular weight is 245 g/mol. The van der Waals surface area contributed by atoms with Gasteiger partial charge >= 0.3 is 0 Å². The number of fused-ring (bicyclic) bond motifs is 1. The first-order chi connectivity index (χ1) is 8.78. The van der Waals surface area contributed by atoms with Crippen molar-refractivity contribution in [2.24, 2.45) is 0 Å². The molecule has 6 nitrogen and oxygen atoms in total. The van der Waals surface area contributed by atoms with Crippen molar-refractivity contribution in [1.82, 2.24) is 14.8 Å². The number of benzene rings is 1. The van der Waals surface area contributed by atoms with E-state index in [1.165, 1.54) is 0 Å². The van der Waals surface area contributed by atoms with Gasteiger partial charge in [0.1, 0.15) is 6.61 Å². The smallest absolute Gasteiger partial charge is 0.222 e. The summed E-state index contributed by atoms with van der Waals surface area (Å²) in [4.78, 5) is 4.23. The number of nitrogens with zero attached hydrogens (tertiary/aromatic N) is 3. The molecule has 1 aliphatic rings. The Morgan fingerprint density at radius 2 is 2.17 bits per heavy atom. The van der Waals surface area contributed by atoms with Crippen LogP contribution in [0.5, 0.6) is 0 Å². The second-order valence-electron chi connectivity index (χ2n) is 4.35. The molecule has 0 spiro atoms. The summed E-state index contributed by atoms with van der Waals surface area (Å²) in [6, 6.07) is 7.95. The molecule has 1 aromatic carbocycles. The molecule has 1 aromatic heterocycles. The summed E-state index contributed by atoms with van der Waals surface area (Å²) in [5.41, 5.74) is 7.60. The molecule has 2 heterocycles. The summed E-state index contributed by atoms with van der Waals surface area (Å²) in [6.07, 6.45) is 0.936. The van der Waals surface area contributed by atoms with E-state index in [1.807, 2.05) is 28.9 Å². The van der Waals surface area contributed by atoms with E-state index in [1.54, 1.807) is 0 Å². The molecule has 0 bridgehead atoms. The molecule has 1 aliphatic heterocycles. The molecule has 1 unspecified atom stereocenters. The zero-order valence-corrected chi connectivity index (χ0v) is 9.87. The Kier molecular flexibility index (Phi) is 2.64. The van der Waals surface area contributed by atoms with Crippen LogP contribution >= 0.6 is 0 Å². The van der Waals surface area contributed by atoms with Gasteiger partial charge in [0.2, 0.25) is 5.95 Å². The Balaban J connectivity index is 2.00. The zero-order valence-electron chi connectivity index (χ0n) is 9.87. The Hall–Kier alpha value is -2.08. The van der Waals surface area contributed by atoms with Gasteiger partial charge in [-0.15, -0.1) is 0 Å². The molecule has 0 radical (unpaired) electrons. The van der Waals surface area contributed by atoms with Crippen molar-refractivity contribution in [2.45, 2.75) is 19.1 Å². The average Bonchev–Trinajstić information content (AvgIpc) is 2.82. The van der Waals surface area contributed by atoms with Gasteiger partial charge in [0.25, 0.3) is 0 Å². The van der Waals surface area contributed by atoms with Gasteiger partial charge in [0, 0.05) is 12.2 Å². The summed E-state index contributed by atoms with van der Waals surface area (Å²) >= 11 is 0. The Bertz CT molecular complexity index is 548. The van der Waals surface area contributed by atoms with Gasteiger partial charge in [-0.05, 0) is 24.1 Å². The molecule has 18 heavy (non-hydrogen) atoms. The Morgan fingerprint density at radius 1 is 1.39 bits per heavy atom. The lowest BCUT2D eigenvalue weighted by atomic mass is 10.0. The van der Waals surface area contributed by atoms with Crippen molar-refractivity contribution >= 4 is 11.6 Å². The topological polar surface area (TPSA) is 89.0 Å². The third kappa shape index (κ3) is 1.80. The SMILES string of the molecule is Nc1ccc(C2CCNc3nc(CO)nn32)cc1. The lowest BCUT2D eigenvalue weighted by molar-refractivity contribution is 0.270. The normalized spacial score (nSPS) is 18.2. The molecule has 0 saturated carbocycles. The summed E-state index contributed by atoms with van der Waals surface area (Å²) in [7, 11) is 0. The maximum absolute atomic E-state index is 9.10. The van der Waals surface area contributed by atoms with E-state index in [9.17, 15) is 0 Å². The number of nitrogens with two attached hydrogens (primary N) is 1. The van der Waals surface area contributed by atoms with Crippen LogP contribution in [-0.4, -0.2) is 26.4 Å². The first-order valence-corrected chi connectivity index (χ1v) is 5.93. The van der Waals surface area contributed by atoms with Gasteiger partial charge in [-0.3, -0.25) is 0 Å². The number of hydrogen-bond acceptors (Lipinski definition) is 5. The summed E-state index contributed by atoms with van der Waals surface area (Å²) in [5.74, 6) is 1.16. The highest BCUT2D eigenvalue weighted by molar-refractivity contribution is 5.41. The quantitative estimate of drug-likeness (QED) is 0.680. The second kappa shape index (κ2) is 4.30. The van der Waals surface area contributed by atoms with Crippen LogP contribution in [0.2, 0.25) is 0 Å². The predicted molar refractivity (Wildman–Crippen MR) is 68.0 cm³/mol. The third-order valence-electron chi connectivity index (χ3n) is 3.13. The first kappa shape index (κ1) is 11.0. The van der Waals surface area contributed by atoms with Crippen LogP contribution in [0.1, 0.15) is 23.9 Å². The van der Waals surface area contributed by atoms with Crippen LogP contribution in [-0.2, 0) is 6.61 Å². The highest BCUT2D eigenvalue weighted by atomic mass is 16.3. The van der Waals surface area contributed by atoms with Crippen LogP contribution in [0.4, 0.5) is 11.6 Å². The van der Waals surface area contributed by atoms with Gasteiger partial charge in [0.15, 0.2) is 5.82 Å². The summed E-state index contributed by atoms with van der Waals surface area (Å²) in [6.45, 7) is 0.703. The number of nitrogens with one attached hydrogen (secondary N) is 1. The van der Waals surface area contributed by atoms with Crippen molar-refractivity contribution in [3.63, 3.8) is 0 Å². The summed E-state index contributed by atoms with van der Waals surface area (Å²) in [5, 5.41) is 16.6. The lowest BCUT2D eigenvalue weighted by Crippen LogP contribution is -2.24. The third-order valence-corrected chi connectivity index (χ3v) is 3.13. The Labute approximate surface area is 104 Å². The van der Waals surface area contributed by atoms with E-state index in [-0.39, 0.29) is 12.6 Å². The maximum Gasteiger partial charge on any atom is 0.222 e. The van der Waals surface area contributed by atoms with Crippen LogP contribution in [0.15, 0.2) is 24.3 Å². The first-order valence-electron chi connectivity index (χ1n) is 5.93. The number of rotatable bonds is 2. The minimum absolute atomic E-state index is 0.143. The van der Waals surface area contributed by atoms with Crippen molar-refractivity contribution in [2.75, 3.05) is 17.6 Å². The number of aliphatic hydroxyl groups excluding tert-OH is 1. The fourth-order valence-electron chi connectivity index (χ4n) is 2.24. The minimum atomic E-state index is -0.143. The Morgan fingerprint density at radius 3 is 2.89 bits per heavy atom. The van der Waals surface area contributed by atoms with Gasteiger partial charge in [0.05, 0.1) is 6.04 Å². The molecule has 4 N–H and O–H groups in total. The second-order valence-corrected chi connectivity index (χ2v) is 4.35. The minimum Gasteiger partial charge on any atom is -0.399 e. The standard InChI is InChI=1S/C12H15N5O/c13-9-3-1-8(2-4-9)10-5-6-14-12-15-11(7-18)16-17(10)12/h1-4,10,18H,5-7,13H2,(H,14,15,16). The van der Waals surface area contributed by atoms with E-state index in [0.29, 0.717) is 11.8 Å².